The molecule has 1 atom stereocenters. The van der Waals surface area contributed by atoms with Crippen molar-refractivity contribution in [1.82, 2.24) is 0 Å². The summed E-state index contributed by atoms with van der Waals surface area (Å²) in [4.78, 5) is 5.10. The van der Waals surface area contributed by atoms with E-state index in [-0.39, 0.29) is 6.04 Å². The van der Waals surface area contributed by atoms with Gasteiger partial charge >= 0.3 is 141 Å². The van der Waals surface area contributed by atoms with E-state index >= 15 is 0 Å². The fourth-order valence-electron chi connectivity index (χ4n) is 3.33. The van der Waals surface area contributed by atoms with Gasteiger partial charge in [0.15, 0.2) is 0 Å². The van der Waals surface area contributed by atoms with E-state index in [9.17, 15) is 0 Å². The van der Waals surface area contributed by atoms with Gasteiger partial charge in [-0.3, -0.25) is 0 Å². The van der Waals surface area contributed by atoms with Gasteiger partial charge in [-0.2, -0.15) is 0 Å². The first-order chi connectivity index (χ1) is 10.8. The average molecular weight is 355 g/mol. The monoisotopic (exact) mass is 356 g/mol. The molecule has 3 rings (SSSR count). The normalized spacial score (nSPS) is 18.1. The van der Waals surface area contributed by atoms with Gasteiger partial charge < -0.3 is 0 Å². The van der Waals surface area contributed by atoms with Crippen LogP contribution >= 0.6 is 0 Å². The van der Waals surface area contributed by atoms with Crippen LogP contribution < -0.4 is 0 Å². The maximum absolute atomic E-state index is 5.10. The third kappa shape index (κ3) is 3.88. The summed E-state index contributed by atoms with van der Waals surface area (Å²) < 4.78 is 1.03. The predicted octanol–water partition coefficient (Wildman–Crippen LogP) is 4.92. The molecule has 0 saturated heterocycles. The number of rotatable bonds is 4. The second-order valence-electron chi connectivity index (χ2n) is 6.05. The van der Waals surface area contributed by atoms with Crippen LogP contribution in [-0.4, -0.2) is 20.6 Å². The molecular formula is C20H22NSe. The minimum absolute atomic E-state index is 0.276. The Kier molecular flexibility index (Phi) is 5.48. The van der Waals surface area contributed by atoms with Crippen molar-refractivity contribution in [2.75, 3.05) is 0 Å². The molecule has 0 N–H and O–H groups in total. The first kappa shape index (κ1) is 15.5. The van der Waals surface area contributed by atoms with Crippen molar-refractivity contribution < 1.29 is 0 Å². The van der Waals surface area contributed by atoms with Gasteiger partial charge in [-0.25, -0.2) is 0 Å². The van der Waals surface area contributed by atoms with Gasteiger partial charge in [0.2, 0.25) is 0 Å². The third-order valence-electron chi connectivity index (χ3n) is 4.51. The van der Waals surface area contributed by atoms with Crippen LogP contribution in [0.5, 0.6) is 0 Å². The van der Waals surface area contributed by atoms with Crippen LogP contribution in [0.2, 0.25) is 0 Å². The van der Waals surface area contributed by atoms with Crippen LogP contribution in [0.1, 0.15) is 49.3 Å². The molecule has 2 aromatic carbocycles. The van der Waals surface area contributed by atoms with E-state index in [0.717, 1.165) is 4.61 Å². The zero-order valence-electron chi connectivity index (χ0n) is 12.8. The first-order valence-corrected chi connectivity index (χ1v) is 9.05. The molecule has 0 spiro atoms. The van der Waals surface area contributed by atoms with E-state index in [1.54, 1.807) is 0 Å². The van der Waals surface area contributed by atoms with Crippen molar-refractivity contribution in [3.8, 4) is 0 Å². The molecule has 0 heterocycles. The van der Waals surface area contributed by atoms with E-state index in [1.165, 1.54) is 43.2 Å². The molecule has 1 aliphatic carbocycles. The average Bonchev–Trinajstić information content (AvgIpc) is 2.62. The van der Waals surface area contributed by atoms with Crippen molar-refractivity contribution in [2.24, 2.45) is 10.9 Å². The summed E-state index contributed by atoms with van der Waals surface area (Å²) in [7, 11) is 0. The van der Waals surface area contributed by atoms with Crippen LogP contribution in [-0.2, 0) is 0 Å². The number of nitrogens with zero attached hydrogens (tertiary/aromatic N) is 1. The van der Waals surface area contributed by atoms with Crippen molar-refractivity contribution in [1.29, 1.82) is 0 Å². The molecule has 22 heavy (non-hydrogen) atoms. The summed E-state index contributed by atoms with van der Waals surface area (Å²) in [6, 6.07) is 21.5. The number of hydrogen-bond acceptors (Lipinski definition) is 1. The molecule has 2 heteroatoms. The molecule has 2 aromatic rings. The summed E-state index contributed by atoms with van der Waals surface area (Å²) in [6.07, 6.45) is 6.66. The Labute approximate surface area is 141 Å². The molecule has 1 nitrogen and oxygen atoms in total. The molecule has 113 valence electrons. The van der Waals surface area contributed by atoms with Gasteiger partial charge in [-0.1, -0.05) is 0 Å². The SMILES string of the molecule is [Se]C(=NC(c1ccccc1)C1CCCCC1)c1ccccc1. The van der Waals surface area contributed by atoms with Crippen molar-refractivity contribution in [3.63, 3.8) is 0 Å². The van der Waals surface area contributed by atoms with Gasteiger partial charge in [0, 0.05) is 0 Å². The van der Waals surface area contributed by atoms with E-state index < -0.39 is 0 Å². The van der Waals surface area contributed by atoms with Crippen molar-refractivity contribution in [2.45, 2.75) is 38.1 Å². The summed E-state index contributed by atoms with van der Waals surface area (Å²) in [5, 5.41) is 0. The minimum atomic E-state index is 0.276. The molecular weight excluding hydrogens is 333 g/mol. The van der Waals surface area contributed by atoms with Crippen LogP contribution in [0.3, 0.4) is 0 Å². The Hall–Kier alpha value is -1.37. The Morgan fingerprint density at radius 3 is 2.09 bits per heavy atom. The Morgan fingerprint density at radius 2 is 1.45 bits per heavy atom. The molecule has 1 radical (unpaired) electrons. The summed E-state index contributed by atoms with van der Waals surface area (Å²) >= 11 is 3.18. The Balaban J connectivity index is 1.91. The zero-order chi connectivity index (χ0) is 15.2. The van der Waals surface area contributed by atoms with Crippen molar-refractivity contribution >= 4 is 20.6 Å². The van der Waals surface area contributed by atoms with E-state index in [4.69, 9.17) is 4.99 Å². The van der Waals surface area contributed by atoms with Crippen molar-refractivity contribution in [3.05, 3.63) is 71.8 Å². The maximum atomic E-state index is 5.10. The Bertz CT molecular complexity index is 600. The molecule has 0 aliphatic heterocycles. The topological polar surface area (TPSA) is 12.4 Å². The second kappa shape index (κ2) is 7.76. The van der Waals surface area contributed by atoms with Gasteiger partial charge in [0.05, 0.1) is 0 Å². The van der Waals surface area contributed by atoms with Crippen LogP contribution in [0.4, 0.5) is 0 Å². The molecule has 1 saturated carbocycles. The summed E-state index contributed by atoms with van der Waals surface area (Å²) in [5.74, 6) is 0.670. The number of benzene rings is 2. The number of aliphatic imine (C=N–C) groups is 1. The second-order valence-corrected chi connectivity index (χ2v) is 6.87. The zero-order valence-corrected chi connectivity index (χ0v) is 14.5. The van der Waals surface area contributed by atoms with E-state index in [0.29, 0.717) is 5.92 Å². The molecule has 0 bridgehead atoms. The fraction of sp³-hybridized carbons (Fsp3) is 0.350. The summed E-state index contributed by atoms with van der Waals surface area (Å²) in [5.41, 5.74) is 2.53. The first-order valence-electron chi connectivity index (χ1n) is 8.20. The fourth-order valence-corrected chi connectivity index (χ4v) is 3.86. The van der Waals surface area contributed by atoms with Crippen LogP contribution in [0, 0.1) is 5.92 Å². The van der Waals surface area contributed by atoms with Crippen LogP contribution in [0.25, 0.3) is 0 Å². The quantitative estimate of drug-likeness (QED) is 0.545. The van der Waals surface area contributed by atoms with Gasteiger partial charge in [0.1, 0.15) is 0 Å². The molecule has 1 unspecified atom stereocenters. The molecule has 1 fully saturated rings. The van der Waals surface area contributed by atoms with E-state index in [1.807, 2.05) is 6.07 Å². The molecule has 0 aromatic heterocycles. The van der Waals surface area contributed by atoms with Gasteiger partial charge in [0.25, 0.3) is 0 Å². The predicted molar refractivity (Wildman–Crippen MR) is 94.5 cm³/mol. The van der Waals surface area contributed by atoms with Crippen LogP contribution in [0.15, 0.2) is 65.7 Å². The van der Waals surface area contributed by atoms with Gasteiger partial charge in [-0.15, -0.1) is 0 Å². The number of hydrogen-bond donors (Lipinski definition) is 0. The standard InChI is InChI=1S/C20H22NSe/c22-20(18-14-8-3-9-15-18)21-19(16-10-4-1-5-11-16)17-12-6-2-7-13-17/h1,3-5,8-11,14-15,17,19H,2,6-7,12-13H2. The third-order valence-corrected chi connectivity index (χ3v) is 5.23. The molecule has 0 amide bonds. The van der Waals surface area contributed by atoms with E-state index in [2.05, 4.69) is 70.6 Å². The molecule has 1 aliphatic rings. The summed E-state index contributed by atoms with van der Waals surface area (Å²) in [6.45, 7) is 0. The van der Waals surface area contributed by atoms with Gasteiger partial charge in [-0.05, 0) is 0 Å². The Morgan fingerprint density at radius 1 is 0.864 bits per heavy atom.